The molecule has 1 aliphatic heterocycles. The lowest BCUT2D eigenvalue weighted by Crippen LogP contribution is -2.41. The lowest BCUT2D eigenvalue weighted by Gasteiger charge is -2.30. The lowest BCUT2D eigenvalue weighted by molar-refractivity contribution is -0.120. The van der Waals surface area contributed by atoms with Crippen molar-refractivity contribution >= 4 is 42.2 Å². The minimum atomic E-state index is -3.85. The van der Waals surface area contributed by atoms with Gasteiger partial charge in [0, 0.05) is 36.3 Å². The fraction of sp³-hybridized carbons (Fsp3) is 0.320. The van der Waals surface area contributed by atoms with Crippen LogP contribution in [0.2, 0.25) is 0 Å². The Morgan fingerprint density at radius 3 is 2.24 bits per heavy atom. The summed E-state index contributed by atoms with van der Waals surface area (Å²) in [6, 6.07) is 15.6. The molecule has 5 rings (SSSR count). The van der Waals surface area contributed by atoms with Crippen molar-refractivity contribution in [1.29, 1.82) is 0 Å². The number of carbonyl (C=O) groups excluding carboxylic acids is 1. The summed E-state index contributed by atoms with van der Waals surface area (Å²) in [7, 11) is -7.37. The van der Waals surface area contributed by atoms with Crippen molar-refractivity contribution in [2.75, 3.05) is 24.7 Å². The number of amides is 1. The average Bonchev–Trinajstić information content (AvgIpc) is 3.25. The molecule has 3 aromatic carbocycles. The Bertz CT molecular complexity index is 1500. The van der Waals surface area contributed by atoms with Gasteiger partial charge in [-0.1, -0.05) is 30.3 Å². The van der Waals surface area contributed by atoms with Gasteiger partial charge in [-0.05, 0) is 66.5 Å². The van der Waals surface area contributed by atoms with Crippen LogP contribution in [0, 0.1) is 5.92 Å². The zero-order chi connectivity index (χ0) is 24.1. The van der Waals surface area contributed by atoms with Crippen LogP contribution in [0.1, 0.15) is 24.0 Å². The highest BCUT2D eigenvalue weighted by atomic mass is 32.2. The lowest BCUT2D eigenvalue weighted by atomic mass is 9.96. The van der Waals surface area contributed by atoms with E-state index in [0.29, 0.717) is 12.8 Å². The zero-order valence-corrected chi connectivity index (χ0v) is 20.5. The topological polar surface area (TPSA) is 101 Å². The van der Waals surface area contributed by atoms with E-state index < -0.39 is 19.9 Å². The van der Waals surface area contributed by atoms with Gasteiger partial charge in [0.25, 0.3) is 0 Å². The Morgan fingerprint density at radius 2 is 1.53 bits per heavy atom. The molecule has 0 spiro atoms. The molecule has 0 atom stereocenters. The number of anilines is 1. The largest absolute Gasteiger partial charge is 0.325 e. The van der Waals surface area contributed by atoms with Crippen molar-refractivity contribution in [2.24, 2.45) is 5.92 Å². The Labute approximate surface area is 199 Å². The van der Waals surface area contributed by atoms with E-state index in [1.807, 2.05) is 18.2 Å². The van der Waals surface area contributed by atoms with Gasteiger partial charge in [0.05, 0.1) is 9.79 Å². The number of carbonyl (C=O) groups is 1. The first-order chi connectivity index (χ1) is 16.1. The van der Waals surface area contributed by atoms with Gasteiger partial charge in [-0.3, -0.25) is 4.79 Å². The number of sulfone groups is 1. The highest BCUT2D eigenvalue weighted by Gasteiger charge is 2.33. The van der Waals surface area contributed by atoms with Crippen LogP contribution in [-0.4, -0.2) is 46.4 Å². The number of piperidine rings is 1. The van der Waals surface area contributed by atoms with Crippen LogP contribution < -0.4 is 5.32 Å². The molecule has 178 valence electrons. The monoisotopic (exact) mass is 498 g/mol. The predicted molar refractivity (Wildman–Crippen MR) is 131 cm³/mol. The molecule has 0 saturated carbocycles. The third kappa shape index (κ3) is 4.12. The molecular weight excluding hydrogens is 472 g/mol. The Kier molecular flexibility index (Phi) is 5.74. The van der Waals surface area contributed by atoms with Gasteiger partial charge < -0.3 is 5.32 Å². The molecular formula is C25H26N2O5S2. The summed E-state index contributed by atoms with van der Waals surface area (Å²) in [4.78, 5) is 12.9. The summed E-state index contributed by atoms with van der Waals surface area (Å²) in [6.45, 7) is 0.403. The molecule has 9 heteroatoms. The smallest absolute Gasteiger partial charge is 0.243 e. The van der Waals surface area contributed by atoms with Crippen molar-refractivity contribution in [3.63, 3.8) is 0 Å². The number of nitrogens with zero attached hydrogens (tertiary/aromatic N) is 1. The van der Waals surface area contributed by atoms with Crippen LogP contribution in [-0.2, 0) is 37.5 Å². The maximum Gasteiger partial charge on any atom is 0.243 e. The molecule has 0 radical (unpaired) electrons. The fourth-order valence-electron chi connectivity index (χ4n) is 4.96. The Balaban J connectivity index is 1.29. The highest BCUT2D eigenvalue weighted by Crippen LogP contribution is 2.35. The van der Waals surface area contributed by atoms with Gasteiger partial charge in [-0.15, -0.1) is 0 Å². The van der Waals surface area contributed by atoms with Gasteiger partial charge in [-0.25, -0.2) is 16.8 Å². The van der Waals surface area contributed by atoms with Crippen molar-refractivity contribution in [3.05, 3.63) is 65.7 Å². The first-order valence-electron chi connectivity index (χ1n) is 11.3. The van der Waals surface area contributed by atoms with E-state index in [0.717, 1.165) is 30.2 Å². The van der Waals surface area contributed by atoms with E-state index >= 15 is 0 Å². The quantitative estimate of drug-likeness (QED) is 0.581. The maximum absolute atomic E-state index is 13.1. The van der Waals surface area contributed by atoms with Crippen LogP contribution >= 0.6 is 0 Å². The molecule has 0 unspecified atom stereocenters. The van der Waals surface area contributed by atoms with E-state index in [4.69, 9.17) is 0 Å². The van der Waals surface area contributed by atoms with Gasteiger partial charge >= 0.3 is 0 Å². The van der Waals surface area contributed by atoms with E-state index in [9.17, 15) is 21.6 Å². The SMILES string of the molecule is CS(=O)(=O)c1cccc(S(=O)(=O)N2CCC(C(=O)Nc3ccc4c5c(cccc35)CC4)CC2)c1. The van der Waals surface area contributed by atoms with Crippen molar-refractivity contribution in [1.82, 2.24) is 4.31 Å². The summed E-state index contributed by atoms with van der Waals surface area (Å²) < 4.78 is 51.1. The molecule has 1 amide bonds. The van der Waals surface area contributed by atoms with Crippen molar-refractivity contribution in [2.45, 2.75) is 35.5 Å². The average molecular weight is 499 g/mol. The van der Waals surface area contributed by atoms with Crippen LogP contribution in [0.5, 0.6) is 0 Å². The minimum absolute atomic E-state index is 0.0341. The summed E-state index contributed by atoms with van der Waals surface area (Å²) >= 11 is 0. The summed E-state index contributed by atoms with van der Waals surface area (Å²) in [5.74, 6) is -0.397. The maximum atomic E-state index is 13.1. The number of sulfonamides is 1. The first-order valence-corrected chi connectivity index (χ1v) is 14.6. The molecule has 1 N–H and O–H groups in total. The van der Waals surface area contributed by atoms with E-state index in [1.54, 1.807) is 0 Å². The van der Waals surface area contributed by atoms with Crippen LogP contribution in [0.3, 0.4) is 0 Å². The standard InChI is InChI=1S/C25H26N2O5S2/c1-33(29,30)20-5-3-6-21(16-20)34(31,32)27-14-12-19(13-15-27)25(28)26-23-11-10-18-9-8-17-4-2-7-22(23)24(17)18/h2-7,10-11,16,19H,8-9,12-15H2,1H3,(H,26,28). The van der Waals surface area contributed by atoms with E-state index in [-0.39, 0.29) is 34.7 Å². The second-order valence-electron chi connectivity index (χ2n) is 9.03. The summed E-state index contributed by atoms with van der Waals surface area (Å²) in [6.07, 6.45) is 3.88. The molecule has 3 aromatic rings. The van der Waals surface area contributed by atoms with Gasteiger partial charge in [-0.2, -0.15) is 4.31 Å². The summed E-state index contributed by atoms with van der Waals surface area (Å²) in [5, 5.41) is 5.35. The van der Waals surface area contributed by atoms with E-state index in [1.165, 1.54) is 45.1 Å². The Morgan fingerprint density at radius 1 is 0.882 bits per heavy atom. The fourth-order valence-corrected chi connectivity index (χ4v) is 7.22. The third-order valence-corrected chi connectivity index (χ3v) is 9.84. The molecule has 0 bridgehead atoms. The minimum Gasteiger partial charge on any atom is -0.325 e. The summed E-state index contributed by atoms with van der Waals surface area (Å²) in [5.41, 5.74) is 3.41. The van der Waals surface area contributed by atoms with Crippen molar-refractivity contribution in [3.8, 4) is 0 Å². The molecule has 2 aliphatic rings. The third-order valence-electron chi connectivity index (χ3n) is 6.83. The first kappa shape index (κ1) is 23.0. The van der Waals surface area contributed by atoms with Gasteiger partial charge in [0.2, 0.25) is 15.9 Å². The zero-order valence-electron chi connectivity index (χ0n) is 18.8. The molecule has 0 aromatic heterocycles. The van der Waals surface area contributed by atoms with Crippen LogP contribution in [0.15, 0.2) is 64.4 Å². The molecule has 1 heterocycles. The van der Waals surface area contributed by atoms with Crippen molar-refractivity contribution < 1.29 is 21.6 Å². The van der Waals surface area contributed by atoms with Gasteiger partial charge in [0.1, 0.15) is 0 Å². The number of hydrogen-bond donors (Lipinski definition) is 1. The van der Waals surface area contributed by atoms with Crippen LogP contribution in [0.25, 0.3) is 10.8 Å². The number of rotatable bonds is 5. The predicted octanol–water partition coefficient (Wildman–Crippen LogP) is 3.38. The molecule has 34 heavy (non-hydrogen) atoms. The highest BCUT2D eigenvalue weighted by molar-refractivity contribution is 7.91. The number of benzene rings is 3. The van der Waals surface area contributed by atoms with Crippen LogP contribution in [0.4, 0.5) is 5.69 Å². The van der Waals surface area contributed by atoms with E-state index in [2.05, 4.69) is 17.4 Å². The second-order valence-corrected chi connectivity index (χ2v) is 13.0. The normalized spacial score (nSPS) is 17.2. The molecule has 7 nitrogen and oxygen atoms in total. The molecule has 1 aliphatic carbocycles. The molecule has 1 fully saturated rings. The number of aryl methyl sites for hydroxylation is 2. The van der Waals surface area contributed by atoms with Gasteiger partial charge in [0.15, 0.2) is 9.84 Å². The Hall–Kier alpha value is -2.75. The second kappa shape index (κ2) is 8.48. The number of nitrogens with one attached hydrogen (secondary N) is 1. The number of hydrogen-bond acceptors (Lipinski definition) is 5. The molecule has 1 saturated heterocycles.